The number of nitrogens with one attached hydrogen (secondary N) is 2. The Labute approximate surface area is 276 Å². The summed E-state index contributed by atoms with van der Waals surface area (Å²) in [5.74, 6) is 3.41. The van der Waals surface area contributed by atoms with Gasteiger partial charge in [-0.2, -0.15) is 0 Å². The highest BCUT2D eigenvalue weighted by Crippen LogP contribution is 2.29. The van der Waals surface area contributed by atoms with E-state index in [0.29, 0.717) is 31.7 Å². The van der Waals surface area contributed by atoms with Gasteiger partial charge in [0.15, 0.2) is 0 Å². The Hall–Kier alpha value is -3.37. The maximum absolute atomic E-state index is 13.8. The predicted molar refractivity (Wildman–Crippen MR) is 182 cm³/mol. The molecule has 0 aromatic heterocycles. The van der Waals surface area contributed by atoms with Crippen molar-refractivity contribution in [1.82, 2.24) is 20.4 Å². The lowest BCUT2D eigenvalue weighted by Gasteiger charge is -2.33. The maximum Gasteiger partial charge on any atom is 0.243 e. The molecule has 254 valence electrons. The Morgan fingerprint density at radius 2 is 1.63 bits per heavy atom. The third kappa shape index (κ3) is 13.5. The summed E-state index contributed by atoms with van der Waals surface area (Å²) < 4.78 is 0. The molecule has 46 heavy (non-hydrogen) atoms. The number of hydrogen-bond acceptors (Lipinski definition) is 6. The van der Waals surface area contributed by atoms with E-state index in [0.717, 1.165) is 57.3 Å². The van der Waals surface area contributed by atoms with Crippen molar-refractivity contribution in [3.63, 3.8) is 0 Å². The molecule has 0 aliphatic heterocycles. The fraction of sp³-hybridized carbons (Fsp3) is 0.649. The monoisotopic (exact) mass is 636 g/mol. The summed E-state index contributed by atoms with van der Waals surface area (Å²) in [7, 11) is 1.74. The first-order chi connectivity index (χ1) is 22.1. The fourth-order valence-electron chi connectivity index (χ4n) is 6.11. The van der Waals surface area contributed by atoms with Gasteiger partial charge < -0.3 is 30.6 Å². The number of carbonyl (C=O) groups excluding carboxylic acids is 3. The first-order valence-corrected chi connectivity index (χ1v) is 17.0. The topological polar surface area (TPSA) is 122 Å². The number of terminal acetylenes is 2. The van der Waals surface area contributed by atoms with Crippen molar-refractivity contribution in [3.8, 4) is 24.7 Å². The van der Waals surface area contributed by atoms with Gasteiger partial charge in [-0.15, -0.1) is 24.7 Å². The Morgan fingerprint density at radius 3 is 2.24 bits per heavy atom. The normalized spacial score (nSPS) is 16.7. The largest absolute Gasteiger partial charge is 0.390 e. The van der Waals surface area contributed by atoms with Gasteiger partial charge in [-0.1, -0.05) is 76.3 Å². The molecule has 5 atom stereocenters. The molecule has 9 heteroatoms. The summed E-state index contributed by atoms with van der Waals surface area (Å²) in [6.45, 7) is 7.21. The van der Waals surface area contributed by atoms with Gasteiger partial charge in [0.25, 0.3) is 0 Å². The maximum atomic E-state index is 13.8. The summed E-state index contributed by atoms with van der Waals surface area (Å²) in [5.41, 5.74) is 0.899. The van der Waals surface area contributed by atoms with E-state index in [1.807, 2.05) is 30.3 Å². The average molecular weight is 637 g/mol. The number of nitrogens with zero attached hydrogens (tertiary/aromatic N) is 2. The zero-order chi connectivity index (χ0) is 33.9. The van der Waals surface area contributed by atoms with E-state index in [4.69, 9.17) is 12.8 Å². The number of benzene rings is 1. The molecule has 1 aromatic rings. The predicted octanol–water partition coefficient (Wildman–Crippen LogP) is 3.13. The smallest absolute Gasteiger partial charge is 0.243 e. The fourth-order valence-corrected chi connectivity index (χ4v) is 6.11. The van der Waals surface area contributed by atoms with Crippen LogP contribution in [-0.4, -0.2) is 95.3 Å². The molecule has 0 radical (unpaired) electrons. The number of likely N-dealkylation sites (N-methyl/N-ethyl adjacent to an activating group) is 2. The van der Waals surface area contributed by atoms with Crippen molar-refractivity contribution >= 4 is 17.7 Å². The van der Waals surface area contributed by atoms with Gasteiger partial charge in [0.05, 0.1) is 18.1 Å². The van der Waals surface area contributed by atoms with Crippen LogP contribution in [0.15, 0.2) is 30.3 Å². The van der Waals surface area contributed by atoms with E-state index in [9.17, 15) is 24.6 Å². The molecule has 5 unspecified atom stereocenters. The van der Waals surface area contributed by atoms with Crippen LogP contribution in [0.4, 0.5) is 0 Å². The van der Waals surface area contributed by atoms with Crippen molar-refractivity contribution < 1.29 is 24.6 Å². The first kappa shape index (κ1) is 38.8. The van der Waals surface area contributed by atoms with Gasteiger partial charge >= 0.3 is 0 Å². The molecule has 1 aliphatic carbocycles. The van der Waals surface area contributed by atoms with E-state index < -0.39 is 42.0 Å². The highest BCUT2D eigenvalue weighted by molar-refractivity contribution is 5.91. The Morgan fingerprint density at radius 1 is 0.957 bits per heavy atom. The average Bonchev–Trinajstić information content (AvgIpc) is 3.07. The van der Waals surface area contributed by atoms with Crippen LogP contribution in [0.1, 0.15) is 83.6 Å². The zero-order valence-corrected chi connectivity index (χ0v) is 28.1. The highest BCUT2D eigenvalue weighted by atomic mass is 16.3. The summed E-state index contributed by atoms with van der Waals surface area (Å²) in [6, 6.07) is 7.66. The molecule has 1 aromatic carbocycles. The van der Waals surface area contributed by atoms with Crippen LogP contribution >= 0.6 is 0 Å². The number of carbonyl (C=O) groups is 3. The lowest BCUT2D eigenvalue weighted by atomic mass is 9.82. The zero-order valence-electron chi connectivity index (χ0n) is 28.1. The molecule has 0 bridgehead atoms. The lowest BCUT2D eigenvalue weighted by Crippen LogP contribution is -2.56. The molecular formula is C37H56N4O5. The van der Waals surface area contributed by atoms with Gasteiger partial charge in [-0.05, 0) is 43.8 Å². The minimum absolute atomic E-state index is 0.0236. The number of aliphatic hydroxyl groups is 2. The second kappa shape index (κ2) is 21.4. The molecule has 1 aliphatic rings. The Kier molecular flexibility index (Phi) is 18.1. The molecule has 2 rings (SSSR count). The Bertz CT molecular complexity index is 1140. The summed E-state index contributed by atoms with van der Waals surface area (Å²) in [6.07, 6.45) is 15.2. The third-order valence-corrected chi connectivity index (χ3v) is 9.17. The minimum atomic E-state index is -1.23. The van der Waals surface area contributed by atoms with Crippen molar-refractivity contribution in [2.24, 2.45) is 11.8 Å². The molecule has 0 heterocycles. The number of amides is 3. The molecule has 9 nitrogen and oxygen atoms in total. The number of aliphatic hydroxyl groups excluding tert-OH is 2. The molecule has 3 amide bonds. The molecule has 1 saturated carbocycles. The van der Waals surface area contributed by atoms with E-state index in [1.54, 1.807) is 11.9 Å². The van der Waals surface area contributed by atoms with Crippen molar-refractivity contribution in [3.05, 3.63) is 35.9 Å². The van der Waals surface area contributed by atoms with Gasteiger partial charge in [0.2, 0.25) is 17.7 Å². The molecule has 4 N–H and O–H groups in total. The van der Waals surface area contributed by atoms with Crippen LogP contribution in [0.5, 0.6) is 0 Å². The van der Waals surface area contributed by atoms with E-state index >= 15 is 0 Å². The van der Waals surface area contributed by atoms with Crippen molar-refractivity contribution in [1.29, 1.82) is 0 Å². The summed E-state index contributed by atoms with van der Waals surface area (Å²) in [5, 5.41) is 27.5. The molecular weight excluding hydrogens is 580 g/mol. The van der Waals surface area contributed by atoms with E-state index in [2.05, 4.69) is 41.2 Å². The van der Waals surface area contributed by atoms with Gasteiger partial charge in [0, 0.05) is 39.4 Å². The molecule has 1 fully saturated rings. The van der Waals surface area contributed by atoms with Crippen LogP contribution in [-0.2, 0) is 20.8 Å². The standard InChI is InChI=1S/C37H56N4O5/c1-6-10-22-33(42)35(44)32(26-29-20-15-12-16-21-29)39-37(46)31(17-7-2)38-36(45)30(25-28-18-13-11-14-19-28)27-34(43)40(5)23-24-41(8-3)9-4/h1-2,11,13-14,18-19,29-33,35,42,44H,8-10,12,15-17,20-27H2,3-5H3,(H,38,45)(H,39,46). The van der Waals surface area contributed by atoms with Gasteiger partial charge in [0.1, 0.15) is 12.1 Å². The highest BCUT2D eigenvalue weighted by Gasteiger charge is 2.34. The summed E-state index contributed by atoms with van der Waals surface area (Å²) in [4.78, 5) is 44.6. The first-order valence-electron chi connectivity index (χ1n) is 17.0. The SMILES string of the molecule is C#CCCC(O)C(O)C(CC1CCCCC1)NC(=O)C(CC#C)NC(=O)C(CC(=O)N(C)CCN(CC)CC)Cc1ccccc1. The third-order valence-electron chi connectivity index (χ3n) is 9.17. The number of hydrogen-bond donors (Lipinski definition) is 4. The Balaban J connectivity index is 2.20. The quantitative estimate of drug-likeness (QED) is 0.163. The van der Waals surface area contributed by atoms with Crippen LogP contribution in [0.2, 0.25) is 0 Å². The van der Waals surface area contributed by atoms with Crippen LogP contribution in [0.3, 0.4) is 0 Å². The van der Waals surface area contributed by atoms with Crippen LogP contribution in [0, 0.1) is 36.5 Å². The van der Waals surface area contributed by atoms with E-state index in [1.165, 1.54) is 0 Å². The number of rotatable bonds is 20. The summed E-state index contributed by atoms with van der Waals surface area (Å²) >= 11 is 0. The lowest BCUT2D eigenvalue weighted by molar-refractivity contribution is -0.137. The van der Waals surface area contributed by atoms with Gasteiger partial charge in [-0.25, -0.2) is 0 Å². The van der Waals surface area contributed by atoms with Crippen molar-refractivity contribution in [2.45, 2.75) is 109 Å². The van der Waals surface area contributed by atoms with Crippen LogP contribution < -0.4 is 10.6 Å². The van der Waals surface area contributed by atoms with Crippen LogP contribution in [0.25, 0.3) is 0 Å². The second-order valence-corrected chi connectivity index (χ2v) is 12.6. The second-order valence-electron chi connectivity index (χ2n) is 12.6. The minimum Gasteiger partial charge on any atom is -0.390 e. The van der Waals surface area contributed by atoms with Gasteiger partial charge in [-0.3, -0.25) is 14.4 Å². The van der Waals surface area contributed by atoms with E-state index in [-0.39, 0.29) is 25.2 Å². The van der Waals surface area contributed by atoms with Crippen molar-refractivity contribution in [2.75, 3.05) is 33.2 Å². The molecule has 0 spiro atoms. The molecule has 0 saturated heterocycles.